The van der Waals surface area contributed by atoms with Crippen LogP contribution in [-0.2, 0) is 23.1 Å². The number of hydrogen-bond acceptors (Lipinski definition) is 6. The van der Waals surface area contributed by atoms with Gasteiger partial charge in [0.05, 0.1) is 12.9 Å². The largest absolute Gasteiger partial charge is 0.497 e. The van der Waals surface area contributed by atoms with E-state index in [2.05, 4.69) is 20.8 Å². The second-order valence-corrected chi connectivity index (χ2v) is 7.52. The monoisotopic (exact) mass is 443 g/mol. The van der Waals surface area contributed by atoms with Crippen molar-refractivity contribution in [1.82, 2.24) is 14.8 Å². The molecule has 2 amide bonds. The highest BCUT2D eigenvalue weighted by molar-refractivity contribution is 7.99. The lowest BCUT2D eigenvalue weighted by molar-refractivity contribution is -0.116. The van der Waals surface area contributed by atoms with Gasteiger partial charge in [0.2, 0.25) is 11.8 Å². The lowest BCUT2D eigenvalue weighted by atomic mass is 10.2. The van der Waals surface area contributed by atoms with Crippen LogP contribution in [-0.4, -0.2) is 39.4 Å². The Hall–Kier alpha value is -3.40. The summed E-state index contributed by atoms with van der Waals surface area (Å²) in [6.45, 7) is 0. The minimum Gasteiger partial charge on any atom is -0.497 e. The number of anilines is 2. The van der Waals surface area contributed by atoms with Gasteiger partial charge in [-0.2, -0.15) is 0 Å². The quantitative estimate of drug-likeness (QED) is 0.493. The Labute approximate surface area is 183 Å². The van der Waals surface area contributed by atoms with E-state index in [1.807, 2.05) is 0 Å². The van der Waals surface area contributed by atoms with Crippen LogP contribution in [0.3, 0.4) is 0 Å². The van der Waals surface area contributed by atoms with Crippen molar-refractivity contribution in [3.05, 3.63) is 60.2 Å². The number of methoxy groups -OCH3 is 1. The summed E-state index contributed by atoms with van der Waals surface area (Å²) >= 11 is 1.25. The number of aromatic nitrogens is 3. The smallest absolute Gasteiger partial charge is 0.234 e. The maximum Gasteiger partial charge on any atom is 0.234 e. The maximum atomic E-state index is 12.9. The van der Waals surface area contributed by atoms with E-state index in [4.69, 9.17) is 4.74 Å². The first-order valence-electron chi connectivity index (χ1n) is 9.45. The number of hydrogen-bond donors (Lipinski definition) is 2. The van der Waals surface area contributed by atoms with Crippen molar-refractivity contribution in [3.63, 3.8) is 0 Å². The average Bonchev–Trinajstić information content (AvgIpc) is 3.12. The molecule has 0 atom stereocenters. The van der Waals surface area contributed by atoms with Crippen LogP contribution in [0.5, 0.6) is 5.75 Å². The van der Waals surface area contributed by atoms with Crippen molar-refractivity contribution in [3.8, 4) is 5.75 Å². The van der Waals surface area contributed by atoms with Gasteiger partial charge >= 0.3 is 0 Å². The molecule has 0 spiro atoms. The zero-order valence-corrected chi connectivity index (χ0v) is 17.9. The van der Waals surface area contributed by atoms with E-state index in [-0.39, 0.29) is 29.8 Å². The summed E-state index contributed by atoms with van der Waals surface area (Å²) in [5.74, 6) is 0.702. The van der Waals surface area contributed by atoms with Crippen molar-refractivity contribution in [2.24, 2.45) is 7.05 Å². The van der Waals surface area contributed by atoms with Crippen LogP contribution < -0.4 is 15.4 Å². The number of aryl methyl sites for hydroxylation is 1. The number of benzene rings is 2. The normalized spacial score (nSPS) is 10.5. The van der Waals surface area contributed by atoms with Crippen LogP contribution in [0.2, 0.25) is 0 Å². The van der Waals surface area contributed by atoms with E-state index in [1.54, 1.807) is 43.0 Å². The molecule has 1 heterocycles. The molecule has 0 radical (unpaired) electrons. The van der Waals surface area contributed by atoms with Gasteiger partial charge in [0.25, 0.3) is 0 Å². The highest BCUT2D eigenvalue weighted by Crippen LogP contribution is 2.19. The summed E-state index contributed by atoms with van der Waals surface area (Å²) in [5, 5.41) is 14.3. The molecule has 0 aliphatic carbocycles. The number of nitrogens with zero attached hydrogens (tertiary/aromatic N) is 3. The lowest BCUT2D eigenvalue weighted by Crippen LogP contribution is -2.15. The zero-order chi connectivity index (χ0) is 22.2. The Morgan fingerprint density at radius 2 is 1.81 bits per heavy atom. The summed E-state index contributed by atoms with van der Waals surface area (Å²) in [6.07, 6.45) is 0.581. The minimum absolute atomic E-state index is 0.161. The Morgan fingerprint density at radius 1 is 1.06 bits per heavy atom. The first-order chi connectivity index (χ1) is 14.9. The molecule has 2 aromatic carbocycles. The molecular formula is C21H22FN5O3S. The van der Waals surface area contributed by atoms with Gasteiger partial charge in [0.15, 0.2) is 5.16 Å². The van der Waals surface area contributed by atoms with Gasteiger partial charge in [0, 0.05) is 37.3 Å². The van der Waals surface area contributed by atoms with Crippen molar-refractivity contribution in [2.75, 3.05) is 23.5 Å². The molecule has 162 valence electrons. The number of ether oxygens (including phenoxy) is 1. The third-order valence-corrected chi connectivity index (χ3v) is 5.33. The molecular weight excluding hydrogens is 421 g/mol. The predicted molar refractivity (Wildman–Crippen MR) is 117 cm³/mol. The van der Waals surface area contributed by atoms with E-state index in [0.717, 1.165) is 0 Å². The van der Waals surface area contributed by atoms with Crippen molar-refractivity contribution in [2.45, 2.75) is 18.0 Å². The first kappa shape index (κ1) is 22.3. The van der Waals surface area contributed by atoms with Crippen LogP contribution in [0.1, 0.15) is 12.2 Å². The van der Waals surface area contributed by atoms with E-state index < -0.39 is 0 Å². The molecule has 8 nitrogen and oxygen atoms in total. The molecule has 0 aliphatic rings. The SMILES string of the molecule is COc1cccc(NC(=O)CSc2nnc(CCC(=O)Nc3ccc(F)cc3)n2C)c1. The number of rotatable bonds is 9. The highest BCUT2D eigenvalue weighted by atomic mass is 32.2. The van der Waals surface area contributed by atoms with Crippen molar-refractivity contribution >= 4 is 35.0 Å². The molecule has 0 saturated carbocycles. The van der Waals surface area contributed by atoms with E-state index in [9.17, 15) is 14.0 Å². The molecule has 3 aromatic rings. The standard InChI is InChI=1S/C21H22FN5O3S/c1-27-18(10-11-19(28)23-15-8-6-14(22)7-9-15)25-26-21(27)31-13-20(29)24-16-4-3-5-17(12-16)30-2/h3-9,12H,10-11,13H2,1-2H3,(H,23,28)(H,24,29). The fourth-order valence-electron chi connectivity index (χ4n) is 2.70. The van der Waals surface area contributed by atoms with Crippen LogP contribution in [0, 0.1) is 5.82 Å². The summed E-state index contributed by atoms with van der Waals surface area (Å²) < 4.78 is 19.8. The van der Waals surface area contributed by atoms with Gasteiger partial charge in [-0.25, -0.2) is 4.39 Å². The third kappa shape index (κ3) is 6.54. The number of carbonyl (C=O) groups is 2. The van der Waals surface area contributed by atoms with Crippen LogP contribution in [0.15, 0.2) is 53.7 Å². The van der Waals surface area contributed by atoms with Gasteiger partial charge in [-0.05, 0) is 36.4 Å². The molecule has 10 heteroatoms. The third-order valence-electron chi connectivity index (χ3n) is 4.31. The first-order valence-corrected chi connectivity index (χ1v) is 10.4. The Bertz CT molecular complexity index is 1060. The Balaban J connectivity index is 1.47. The number of carbonyl (C=O) groups excluding carboxylic acids is 2. The zero-order valence-electron chi connectivity index (χ0n) is 17.1. The van der Waals surface area contributed by atoms with Gasteiger partial charge < -0.3 is 19.9 Å². The van der Waals surface area contributed by atoms with Crippen molar-refractivity contribution < 1.29 is 18.7 Å². The fourth-order valence-corrected chi connectivity index (χ4v) is 3.43. The Morgan fingerprint density at radius 3 is 2.55 bits per heavy atom. The van der Waals surface area contributed by atoms with Crippen LogP contribution >= 0.6 is 11.8 Å². The molecule has 0 bridgehead atoms. The summed E-state index contributed by atoms with van der Waals surface area (Å²) in [4.78, 5) is 24.3. The van der Waals surface area contributed by atoms with E-state index in [0.29, 0.717) is 34.5 Å². The van der Waals surface area contributed by atoms with Gasteiger partial charge in [0.1, 0.15) is 17.4 Å². The molecule has 2 N–H and O–H groups in total. The second-order valence-electron chi connectivity index (χ2n) is 6.58. The molecule has 31 heavy (non-hydrogen) atoms. The molecule has 0 unspecified atom stereocenters. The second kappa shape index (κ2) is 10.6. The lowest BCUT2D eigenvalue weighted by Gasteiger charge is -2.07. The Kier molecular flexibility index (Phi) is 7.60. The number of nitrogens with one attached hydrogen (secondary N) is 2. The molecule has 0 saturated heterocycles. The number of halogens is 1. The van der Waals surface area contributed by atoms with Gasteiger partial charge in [-0.15, -0.1) is 10.2 Å². The highest BCUT2D eigenvalue weighted by Gasteiger charge is 2.13. The maximum absolute atomic E-state index is 12.9. The predicted octanol–water partition coefficient (Wildman–Crippen LogP) is 3.26. The van der Waals surface area contributed by atoms with Gasteiger partial charge in [-0.3, -0.25) is 9.59 Å². The molecule has 0 fully saturated rings. The van der Waals surface area contributed by atoms with Crippen LogP contribution in [0.4, 0.5) is 15.8 Å². The number of amides is 2. The number of thioether (sulfide) groups is 1. The topological polar surface area (TPSA) is 98.1 Å². The summed E-state index contributed by atoms with van der Waals surface area (Å²) in [7, 11) is 3.35. The summed E-state index contributed by atoms with van der Waals surface area (Å²) in [5.41, 5.74) is 1.18. The van der Waals surface area contributed by atoms with E-state index in [1.165, 1.54) is 36.0 Å². The molecule has 0 aliphatic heterocycles. The average molecular weight is 444 g/mol. The van der Waals surface area contributed by atoms with Gasteiger partial charge in [-0.1, -0.05) is 17.8 Å². The fraction of sp³-hybridized carbons (Fsp3) is 0.238. The molecule has 3 rings (SSSR count). The van der Waals surface area contributed by atoms with Crippen molar-refractivity contribution in [1.29, 1.82) is 0 Å². The minimum atomic E-state index is -0.362. The summed E-state index contributed by atoms with van der Waals surface area (Å²) in [6, 6.07) is 12.7. The van der Waals surface area contributed by atoms with Crippen LogP contribution in [0.25, 0.3) is 0 Å². The molecule has 1 aromatic heterocycles. The van der Waals surface area contributed by atoms with E-state index >= 15 is 0 Å².